The van der Waals surface area contributed by atoms with Gasteiger partial charge in [0, 0.05) is 24.5 Å². The molecule has 2 N–H and O–H groups in total. The van der Waals surface area contributed by atoms with Crippen molar-refractivity contribution < 1.29 is 0 Å². The normalized spacial score (nSPS) is 10.4. The predicted molar refractivity (Wildman–Crippen MR) is 57.8 cm³/mol. The Kier molecular flexibility index (Phi) is 2.00. The third kappa shape index (κ3) is 1.48. The zero-order valence-electron chi connectivity index (χ0n) is 8.36. The molecular formula is C11H13N3. The summed E-state index contributed by atoms with van der Waals surface area (Å²) < 4.78 is 1.78. The summed E-state index contributed by atoms with van der Waals surface area (Å²) in [5.41, 5.74) is 9.98. The Morgan fingerprint density at radius 2 is 2.07 bits per heavy atom. The molecule has 1 heterocycles. The van der Waals surface area contributed by atoms with Crippen molar-refractivity contribution in [2.75, 3.05) is 5.73 Å². The topological polar surface area (TPSA) is 43.8 Å². The Labute approximate surface area is 83.2 Å². The number of nitrogen functional groups attached to an aromatic ring is 1. The van der Waals surface area contributed by atoms with Crippen LogP contribution in [0.25, 0.3) is 11.1 Å². The first kappa shape index (κ1) is 8.81. The molecule has 1 aromatic carbocycles. The highest BCUT2D eigenvalue weighted by atomic mass is 15.2. The Morgan fingerprint density at radius 1 is 1.29 bits per heavy atom. The average molecular weight is 187 g/mol. The maximum absolute atomic E-state index is 5.84. The molecule has 0 aliphatic heterocycles. The van der Waals surface area contributed by atoms with E-state index in [4.69, 9.17) is 5.73 Å². The Bertz CT molecular complexity index is 457. The van der Waals surface area contributed by atoms with Crippen molar-refractivity contribution in [3.8, 4) is 11.1 Å². The fraction of sp³-hybridized carbons (Fsp3) is 0.182. The number of rotatable bonds is 1. The molecule has 0 fully saturated rings. The number of nitrogens with zero attached hydrogens (tertiary/aromatic N) is 2. The SMILES string of the molecule is Cc1ccc(-c2cnn(C)c2)cc1N. The number of hydrogen-bond acceptors (Lipinski definition) is 2. The summed E-state index contributed by atoms with van der Waals surface area (Å²) in [6, 6.07) is 6.06. The van der Waals surface area contributed by atoms with Crippen molar-refractivity contribution in [2.45, 2.75) is 6.92 Å². The van der Waals surface area contributed by atoms with E-state index < -0.39 is 0 Å². The molecule has 3 nitrogen and oxygen atoms in total. The van der Waals surface area contributed by atoms with Crippen molar-refractivity contribution in [2.24, 2.45) is 7.05 Å². The fourth-order valence-electron chi connectivity index (χ4n) is 1.39. The van der Waals surface area contributed by atoms with Gasteiger partial charge in [0.15, 0.2) is 0 Å². The summed E-state index contributed by atoms with van der Waals surface area (Å²) >= 11 is 0. The molecule has 0 radical (unpaired) electrons. The van der Waals surface area contributed by atoms with Crippen LogP contribution in [0.3, 0.4) is 0 Å². The van der Waals surface area contributed by atoms with Gasteiger partial charge in [-0.25, -0.2) is 0 Å². The molecule has 0 unspecified atom stereocenters. The predicted octanol–water partition coefficient (Wildman–Crippen LogP) is 1.98. The molecule has 1 aromatic heterocycles. The Hall–Kier alpha value is -1.77. The second-order valence-corrected chi connectivity index (χ2v) is 3.47. The van der Waals surface area contributed by atoms with E-state index in [0.29, 0.717) is 0 Å². The van der Waals surface area contributed by atoms with Crippen LogP contribution in [0.2, 0.25) is 0 Å². The number of hydrogen-bond donors (Lipinski definition) is 1. The highest BCUT2D eigenvalue weighted by Gasteiger charge is 2.01. The minimum absolute atomic E-state index is 0.825. The molecule has 3 heteroatoms. The molecule has 0 atom stereocenters. The van der Waals surface area contributed by atoms with Crippen LogP contribution in [0.4, 0.5) is 5.69 Å². The quantitative estimate of drug-likeness (QED) is 0.694. The molecule has 0 bridgehead atoms. The van der Waals surface area contributed by atoms with E-state index in [1.165, 1.54) is 0 Å². The van der Waals surface area contributed by atoms with Crippen molar-refractivity contribution in [1.29, 1.82) is 0 Å². The van der Waals surface area contributed by atoms with Crippen LogP contribution in [0.1, 0.15) is 5.56 Å². The third-order valence-corrected chi connectivity index (χ3v) is 2.32. The summed E-state index contributed by atoms with van der Waals surface area (Å²) in [6.45, 7) is 2.00. The maximum atomic E-state index is 5.84. The van der Waals surface area contributed by atoms with Gasteiger partial charge in [-0.3, -0.25) is 4.68 Å². The van der Waals surface area contributed by atoms with Crippen LogP contribution in [0, 0.1) is 6.92 Å². The number of benzene rings is 1. The molecule has 72 valence electrons. The summed E-state index contributed by atoms with van der Waals surface area (Å²) in [7, 11) is 1.90. The van der Waals surface area contributed by atoms with Crippen LogP contribution >= 0.6 is 0 Å². The molecule has 0 amide bonds. The molecule has 2 rings (SSSR count). The van der Waals surface area contributed by atoms with Crippen molar-refractivity contribution >= 4 is 5.69 Å². The van der Waals surface area contributed by atoms with Crippen LogP contribution in [-0.2, 0) is 7.05 Å². The Balaban J connectivity index is 2.47. The minimum atomic E-state index is 0.825. The number of anilines is 1. The summed E-state index contributed by atoms with van der Waals surface area (Å²) in [4.78, 5) is 0. The van der Waals surface area contributed by atoms with Gasteiger partial charge >= 0.3 is 0 Å². The lowest BCUT2D eigenvalue weighted by Crippen LogP contribution is -1.89. The largest absolute Gasteiger partial charge is 0.398 e. The standard InChI is InChI=1S/C11H13N3/c1-8-3-4-9(5-11(8)12)10-6-13-14(2)7-10/h3-7H,12H2,1-2H3. The molecule has 0 saturated carbocycles. The lowest BCUT2D eigenvalue weighted by atomic mass is 10.1. The lowest BCUT2D eigenvalue weighted by molar-refractivity contribution is 0.768. The maximum Gasteiger partial charge on any atom is 0.0568 e. The van der Waals surface area contributed by atoms with Crippen LogP contribution in [0.15, 0.2) is 30.6 Å². The molecule has 0 saturated heterocycles. The van der Waals surface area contributed by atoms with Crippen LogP contribution in [-0.4, -0.2) is 9.78 Å². The number of aromatic nitrogens is 2. The number of aryl methyl sites for hydroxylation is 2. The van der Waals surface area contributed by atoms with E-state index >= 15 is 0 Å². The zero-order chi connectivity index (χ0) is 10.1. The van der Waals surface area contributed by atoms with E-state index in [1.54, 1.807) is 4.68 Å². The second kappa shape index (κ2) is 3.18. The molecule has 0 aliphatic rings. The first-order chi connectivity index (χ1) is 6.66. The lowest BCUT2D eigenvalue weighted by Gasteiger charge is -2.02. The average Bonchev–Trinajstić information content (AvgIpc) is 2.57. The fourth-order valence-corrected chi connectivity index (χ4v) is 1.39. The third-order valence-electron chi connectivity index (χ3n) is 2.32. The van der Waals surface area contributed by atoms with Gasteiger partial charge in [0.25, 0.3) is 0 Å². The van der Waals surface area contributed by atoms with Gasteiger partial charge in [-0.15, -0.1) is 0 Å². The smallest absolute Gasteiger partial charge is 0.0568 e. The van der Waals surface area contributed by atoms with Crippen molar-refractivity contribution in [3.05, 3.63) is 36.2 Å². The van der Waals surface area contributed by atoms with Gasteiger partial charge in [0.05, 0.1) is 6.20 Å². The zero-order valence-corrected chi connectivity index (χ0v) is 8.36. The van der Waals surface area contributed by atoms with Gasteiger partial charge in [-0.2, -0.15) is 5.10 Å². The minimum Gasteiger partial charge on any atom is -0.398 e. The number of nitrogens with two attached hydrogens (primary N) is 1. The van der Waals surface area contributed by atoms with Crippen LogP contribution < -0.4 is 5.73 Å². The van der Waals surface area contributed by atoms with Gasteiger partial charge in [-0.1, -0.05) is 12.1 Å². The van der Waals surface area contributed by atoms with E-state index in [9.17, 15) is 0 Å². The van der Waals surface area contributed by atoms with Gasteiger partial charge < -0.3 is 5.73 Å². The molecule has 2 aromatic rings. The van der Waals surface area contributed by atoms with Crippen molar-refractivity contribution in [3.63, 3.8) is 0 Å². The van der Waals surface area contributed by atoms with E-state index in [1.807, 2.05) is 38.5 Å². The van der Waals surface area contributed by atoms with Gasteiger partial charge in [-0.05, 0) is 24.1 Å². The van der Waals surface area contributed by atoms with E-state index in [0.717, 1.165) is 22.4 Å². The first-order valence-electron chi connectivity index (χ1n) is 4.52. The highest BCUT2D eigenvalue weighted by Crippen LogP contribution is 2.22. The highest BCUT2D eigenvalue weighted by molar-refractivity contribution is 5.67. The van der Waals surface area contributed by atoms with Gasteiger partial charge in [0.1, 0.15) is 0 Å². The molecule has 14 heavy (non-hydrogen) atoms. The Morgan fingerprint density at radius 3 is 2.64 bits per heavy atom. The van der Waals surface area contributed by atoms with Gasteiger partial charge in [0.2, 0.25) is 0 Å². The molecular weight excluding hydrogens is 174 g/mol. The summed E-state index contributed by atoms with van der Waals surface area (Å²) in [5, 5.41) is 4.12. The molecule has 0 aliphatic carbocycles. The second-order valence-electron chi connectivity index (χ2n) is 3.47. The summed E-state index contributed by atoms with van der Waals surface area (Å²) in [6.07, 6.45) is 3.81. The van der Waals surface area contributed by atoms with Crippen molar-refractivity contribution in [1.82, 2.24) is 9.78 Å². The monoisotopic (exact) mass is 187 g/mol. The van der Waals surface area contributed by atoms with Crippen LogP contribution in [0.5, 0.6) is 0 Å². The summed E-state index contributed by atoms with van der Waals surface area (Å²) in [5.74, 6) is 0. The van der Waals surface area contributed by atoms with E-state index in [-0.39, 0.29) is 0 Å². The molecule has 0 spiro atoms. The first-order valence-corrected chi connectivity index (χ1v) is 4.52. The van der Waals surface area contributed by atoms with E-state index in [2.05, 4.69) is 11.2 Å².